The van der Waals surface area contributed by atoms with Gasteiger partial charge in [0.05, 0.1) is 11.0 Å². The maximum atomic E-state index is 12.5. The zero-order valence-corrected chi connectivity index (χ0v) is 12.4. The first-order valence-electron chi connectivity index (χ1n) is 7.08. The van der Waals surface area contributed by atoms with Crippen molar-refractivity contribution in [1.82, 2.24) is 9.71 Å². The number of pyridine rings is 1. The van der Waals surface area contributed by atoms with E-state index in [9.17, 15) is 13.5 Å². The second-order valence-corrected chi connectivity index (χ2v) is 7.20. The molecule has 0 amide bonds. The average Bonchev–Trinajstić information content (AvgIpc) is 2.90. The summed E-state index contributed by atoms with van der Waals surface area (Å²) in [7, 11) is -3.59. The largest absolute Gasteiger partial charge is 0.393 e. The van der Waals surface area contributed by atoms with E-state index in [0.29, 0.717) is 5.39 Å². The number of hydrogen-bond donors (Lipinski definition) is 2. The Labute approximate surface area is 124 Å². The van der Waals surface area contributed by atoms with E-state index in [1.807, 2.05) is 6.07 Å². The van der Waals surface area contributed by atoms with Crippen molar-refractivity contribution >= 4 is 20.8 Å². The van der Waals surface area contributed by atoms with Crippen molar-refractivity contribution < 1.29 is 13.5 Å². The van der Waals surface area contributed by atoms with Gasteiger partial charge in [0.15, 0.2) is 0 Å². The van der Waals surface area contributed by atoms with Gasteiger partial charge in [0.2, 0.25) is 10.0 Å². The first kappa shape index (κ1) is 14.4. The van der Waals surface area contributed by atoms with Crippen LogP contribution in [-0.4, -0.2) is 31.2 Å². The predicted octanol–water partition coefficient (Wildman–Crippen LogP) is 1.67. The van der Waals surface area contributed by atoms with Crippen molar-refractivity contribution in [2.24, 2.45) is 5.92 Å². The van der Waals surface area contributed by atoms with Crippen molar-refractivity contribution in [3.05, 3.63) is 36.7 Å². The molecule has 112 valence electrons. The molecule has 5 nitrogen and oxygen atoms in total. The number of rotatable bonds is 4. The second kappa shape index (κ2) is 5.71. The number of hydrogen-bond acceptors (Lipinski definition) is 4. The molecule has 1 aliphatic rings. The fourth-order valence-corrected chi connectivity index (χ4v) is 4.20. The third-order valence-electron chi connectivity index (χ3n) is 4.08. The normalized spacial score (nSPS) is 22.7. The van der Waals surface area contributed by atoms with Crippen molar-refractivity contribution in [3.8, 4) is 0 Å². The standard InChI is InChI=1S/C15H18N2O3S/c18-14-5-1-4-12(14)10-17-21(19,20)15-6-2-3-11-9-16-8-7-13(11)15/h2-3,6-9,12,14,17-18H,1,4-5,10H2. The van der Waals surface area contributed by atoms with Crippen LogP contribution in [0, 0.1) is 5.92 Å². The Morgan fingerprint density at radius 1 is 1.29 bits per heavy atom. The number of nitrogens with one attached hydrogen (secondary N) is 1. The zero-order valence-electron chi connectivity index (χ0n) is 11.6. The van der Waals surface area contributed by atoms with Gasteiger partial charge in [0.25, 0.3) is 0 Å². The van der Waals surface area contributed by atoms with Gasteiger partial charge in [-0.15, -0.1) is 0 Å². The Kier molecular flexibility index (Phi) is 3.93. The van der Waals surface area contributed by atoms with Crippen LogP contribution in [0.1, 0.15) is 19.3 Å². The number of fused-ring (bicyclic) bond motifs is 1. The number of sulfonamides is 1. The summed E-state index contributed by atoms with van der Waals surface area (Å²) in [6.45, 7) is 0.283. The van der Waals surface area contributed by atoms with Gasteiger partial charge in [-0.2, -0.15) is 0 Å². The zero-order chi connectivity index (χ0) is 14.9. The van der Waals surface area contributed by atoms with Gasteiger partial charge in [0.1, 0.15) is 0 Å². The Hall–Kier alpha value is -1.50. The summed E-state index contributed by atoms with van der Waals surface area (Å²) in [5, 5.41) is 11.2. The lowest BCUT2D eigenvalue weighted by Crippen LogP contribution is -2.32. The molecule has 0 radical (unpaired) electrons. The van der Waals surface area contributed by atoms with Gasteiger partial charge >= 0.3 is 0 Å². The molecule has 1 heterocycles. The predicted molar refractivity (Wildman–Crippen MR) is 80.3 cm³/mol. The van der Waals surface area contributed by atoms with E-state index in [0.717, 1.165) is 24.6 Å². The molecule has 2 atom stereocenters. The number of aliphatic hydroxyl groups is 1. The van der Waals surface area contributed by atoms with Crippen molar-refractivity contribution in [1.29, 1.82) is 0 Å². The second-order valence-electron chi connectivity index (χ2n) is 5.46. The van der Waals surface area contributed by atoms with Crippen LogP contribution in [0.5, 0.6) is 0 Å². The van der Waals surface area contributed by atoms with Crippen molar-refractivity contribution in [2.45, 2.75) is 30.3 Å². The van der Waals surface area contributed by atoms with Crippen LogP contribution < -0.4 is 4.72 Å². The van der Waals surface area contributed by atoms with E-state index in [1.54, 1.807) is 30.6 Å². The van der Waals surface area contributed by atoms with Gasteiger partial charge in [0, 0.05) is 29.7 Å². The minimum absolute atomic E-state index is 0.0106. The first-order chi connectivity index (χ1) is 10.1. The summed E-state index contributed by atoms with van der Waals surface area (Å²) < 4.78 is 27.6. The summed E-state index contributed by atoms with van der Waals surface area (Å²) in [6.07, 6.45) is 5.41. The molecule has 0 bridgehead atoms. The Bertz CT molecular complexity index is 740. The molecule has 1 aromatic carbocycles. The van der Waals surface area contributed by atoms with Crippen LogP contribution in [0.2, 0.25) is 0 Å². The lowest BCUT2D eigenvalue weighted by molar-refractivity contribution is 0.134. The van der Waals surface area contributed by atoms with E-state index in [4.69, 9.17) is 0 Å². The summed E-state index contributed by atoms with van der Waals surface area (Å²) in [5.41, 5.74) is 0. The summed E-state index contributed by atoms with van der Waals surface area (Å²) >= 11 is 0. The van der Waals surface area contributed by atoms with Gasteiger partial charge in [-0.1, -0.05) is 18.6 Å². The van der Waals surface area contributed by atoms with Gasteiger partial charge < -0.3 is 5.11 Å². The van der Waals surface area contributed by atoms with Gasteiger partial charge in [-0.05, 0) is 30.9 Å². The Morgan fingerprint density at radius 3 is 2.90 bits per heavy atom. The van der Waals surface area contributed by atoms with Crippen molar-refractivity contribution in [3.63, 3.8) is 0 Å². The maximum Gasteiger partial charge on any atom is 0.241 e. The molecule has 1 saturated carbocycles. The summed E-state index contributed by atoms with van der Waals surface area (Å²) in [4.78, 5) is 4.27. The van der Waals surface area contributed by atoms with Crippen LogP contribution in [0.3, 0.4) is 0 Å². The highest BCUT2D eigenvalue weighted by molar-refractivity contribution is 7.89. The van der Waals surface area contributed by atoms with Crippen LogP contribution in [-0.2, 0) is 10.0 Å². The number of benzene rings is 1. The van der Waals surface area contributed by atoms with Gasteiger partial charge in [-0.25, -0.2) is 13.1 Å². The molecular weight excluding hydrogens is 288 g/mol. The fraction of sp³-hybridized carbons (Fsp3) is 0.400. The lowest BCUT2D eigenvalue weighted by Gasteiger charge is -2.16. The fourth-order valence-electron chi connectivity index (χ4n) is 2.88. The van der Waals surface area contributed by atoms with Crippen LogP contribution in [0.15, 0.2) is 41.6 Å². The molecule has 2 aromatic rings. The van der Waals surface area contributed by atoms with E-state index in [2.05, 4.69) is 9.71 Å². The molecular formula is C15H18N2O3S. The van der Waals surface area contributed by atoms with E-state index < -0.39 is 16.1 Å². The quantitative estimate of drug-likeness (QED) is 0.900. The first-order valence-corrected chi connectivity index (χ1v) is 8.57. The Balaban J connectivity index is 1.86. The van der Waals surface area contributed by atoms with E-state index in [1.165, 1.54) is 0 Å². The minimum Gasteiger partial charge on any atom is -0.393 e. The highest BCUT2D eigenvalue weighted by atomic mass is 32.2. The molecule has 0 spiro atoms. The van der Waals surface area contributed by atoms with Crippen LogP contribution in [0.25, 0.3) is 10.8 Å². The molecule has 0 aliphatic heterocycles. The Morgan fingerprint density at radius 2 is 2.14 bits per heavy atom. The minimum atomic E-state index is -3.59. The number of nitrogens with zero attached hydrogens (tertiary/aromatic N) is 1. The SMILES string of the molecule is O=S(=O)(NCC1CCCC1O)c1cccc2cnccc12. The van der Waals surface area contributed by atoms with Crippen LogP contribution >= 0.6 is 0 Å². The number of aliphatic hydroxyl groups excluding tert-OH is 1. The smallest absolute Gasteiger partial charge is 0.241 e. The summed E-state index contributed by atoms with van der Waals surface area (Å²) in [6, 6.07) is 6.84. The molecule has 1 aromatic heterocycles. The molecule has 21 heavy (non-hydrogen) atoms. The third kappa shape index (κ3) is 2.92. The third-order valence-corrected chi connectivity index (χ3v) is 5.57. The average molecular weight is 306 g/mol. The molecule has 2 unspecified atom stereocenters. The van der Waals surface area contributed by atoms with Crippen molar-refractivity contribution in [2.75, 3.05) is 6.54 Å². The highest BCUT2D eigenvalue weighted by Gasteiger charge is 2.27. The molecule has 0 saturated heterocycles. The van der Waals surface area contributed by atoms with E-state index in [-0.39, 0.29) is 17.4 Å². The molecule has 1 fully saturated rings. The molecule has 2 N–H and O–H groups in total. The lowest BCUT2D eigenvalue weighted by atomic mass is 10.1. The van der Waals surface area contributed by atoms with Crippen LogP contribution in [0.4, 0.5) is 0 Å². The topological polar surface area (TPSA) is 79.3 Å². The highest BCUT2D eigenvalue weighted by Crippen LogP contribution is 2.26. The number of aromatic nitrogens is 1. The molecule has 1 aliphatic carbocycles. The molecule has 6 heteroatoms. The van der Waals surface area contributed by atoms with E-state index >= 15 is 0 Å². The monoisotopic (exact) mass is 306 g/mol. The summed E-state index contributed by atoms with van der Waals surface area (Å²) in [5.74, 6) is 0.0106. The molecule has 3 rings (SSSR count). The maximum absolute atomic E-state index is 12.5. The van der Waals surface area contributed by atoms with Gasteiger partial charge in [-0.3, -0.25) is 4.98 Å².